The van der Waals surface area contributed by atoms with E-state index in [2.05, 4.69) is 65.2 Å². The number of aromatic nitrogens is 2. The first-order valence-electron chi connectivity index (χ1n) is 7.34. The molecule has 0 radical (unpaired) electrons. The number of nitrogens with one attached hydrogen (secondary N) is 1. The number of halogens is 1. The molecular weight excluding hydrogens is 326 g/mol. The van der Waals surface area contributed by atoms with Crippen molar-refractivity contribution in [2.24, 2.45) is 0 Å². The molecule has 0 spiro atoms. The summed E-state index contributed by atoms with van der Waals surface area (Å²) in [6.45, 7) is 6.44. The molecule has 0 fully saturated rings. The highest BCUT2D eigenvalue weighted by Gasteiger charge is 2.11. The van der Waals surface area contributed by atoms with Crippen molar-refractivity contribution in [3.8, 4) is 0 Å². The van der Waals surface area contributed by atoms with Crippen LogP contribution in [-0.4, -0.2) is 17.0 Å². The second kappa shape index (κ2) is 7.03. The smallest absolute Gasteiger partial charge is 0.144 e. The zero-order valence-corrected chi connectivity index (χ0v) is 14.7. The van der Waals surface area contributed by atoms with E-state index in [1.807, 2.05) is 7.05 Å². The van der Waals surface area contributed by atoms with Crippen LogP contribution in [0.25, 0.3) is 0 Å². The van der Waals surface area contributed by atoms with Gasteiger partial charge in [0, 0.05) is 13.5 Å². The van der Waals surface area contributed by atoms with Crippen LogP contribution in [0.5, 0.6) is 0 Å². The summed E-state index contributed by atoms with van der Waals surface area (Å²) in [5, 5.41) is 3.14. The van der Waals surface area contributed by atoms with E-state index in [0.717, 1.165) is 41.1 Å². The number of hydrogen-bond acceptors (Lipinski definition) is 3. The van der Waals surface area contributed by atoms with Crippen LogP contribution >= 0.6 is 15.9 Å². The molecule has 0 saturated carbocycles. The largest absolute Gasteiger partial charge is 0.372 e. The summed E-state index contributed by atoms with van der Waals surface area (Å²) in [6, 6.07) is 6.54. The van der Waals surface area contributed by atoms with Gasteiger partial charge in [-0.15, -0.1) is 0 Å². The van der Waals surface area contributed by atoms with Gasteiger partial charge in [-0.1, -0.05) is 31.5 Å². The van der Waals surface area contributed by atoms with Gasteiger partial charge in [0.05, 0.1) is 10.2 Å². The second-order valence-electron chi connectivity index (χ2n) is 5.34. The molecule has 0 unspecified atom stereocenters. The SMILES string of the molecule is CCCc1nc(Cc2ccc(C)c(C)c2)nc(NC)c1Br. The molecule has 3 nitrogen and oxygen atoms in total. The summed E-state index contributed by atoms with van der Waals surface area (Å²) in [6.07, 6.45) is 2.79. The molecule has 0 aliphatic carbocycles. The molecule has 0 bridgehead atoms. The number of rotatable bonds is 5. The normalized spacial score (nSPS) is 10.7. The first-order valence-corrected chi connectivity index (χ1v) is 8.13. The molecule has 21 heavy (non-hydrogen) atoms. The lowest BCUT2D eigenvalue weighted by Crippen LogP contribution is -2.06. The molecule has 0 atom stereocenters. The number of nitrogens with zero attached hydrogens (tertiary/aromatic N) is 2. The average Bonchev–Trinajstić information content (AvgIpc) is 2.46. The van der Waals surface area contributed by atoms with Gasteiger partial charge in [-0.2, -0.15) is 0 Å². The quantitative estimate of drug-likeness (QED) is 0.868. The van der Waals surface area contributed by atoms with Crippen molar-refractivity contribution in [3.05, 3.63) is 50.9 Å². The van der Waals surface area contributed by atoms with Gasteiger partial charge < -0.3 is 5.32 Å². The predicted octanol–water partition coefficient (Wildman–Crippen LogP) is 4.44. The molecule has 0 aliphatic heterocycles. The molecule has 1 N–H and O–H groups in total. The molecular formula is C17H22BrN3. The molecule has 2 rings (SSSR count). The Labute approximate surface area is 135 Å². The highest BCUT2D eigenvalue weighted by atomic mass is 79.9. The van der Waals surface area contributed by atoms with E-state index in [-0.39, 0.29) is 0 Å². The zero-order valence-electron chi connectivity index (χ0n) is 13.1. The van der Waals surface area contributed by atoms with Gasteiger partial charge in [0.15, 0.2) is 0 Å². The van der Waals surface area contributed by atoms with Crippen LogP contribution in [0.15, 0.2) is 22.7 Å². The summed E-state index contributed by atoms with van der Waals surface area (Å²) in [5.74, 6) is 1.74. The van der Waals surface area contributed by atoms with Gasteiger partial charge in [0.1, 0.15) is 11.6 Å². The number of hydrogen-bond donors (Lipinski definition) is 1. The summed E-state index contributed by atoms with van der Waals surface area (Å²) in [5.41, 5.74) is 4.96. The van der Waals surface area contributed by atoms with Crippen molar-refractivity contribution in [3.63, 3.8) is 0 Å². The van der Waals surface area contributed by atoms with Crippen LogP contribution in [0.3, 0.4) is 0 Å². The number of anilines is 1. The van der Waals surface area contributed by atoms with E-state index in [0.29, 0.717) is 0 Å². The van der Waals surface area contributed by atoms with Gasteiger partial charge >= 0.3 is 0 Å². The zero-order chi connectivity index (χ0) is 15.4. The Morgan fingerprint density at radius 1 is 1.14 bits per heavy atom. The van der Waals surface area contributed by atoms with Crippen molar-refractivity contribution in [1.29, 1.82) is 0 Å². The maximum atomic E-state index is 4.72. The fourth-order valence-electron chi connectivity index (χ4n) is 2.29. The van der Waals surface area contributed by atoms with Crippen LogP contribution in [-0.2, 0) is 12.8 Å². The summed E-state index contributed by atoms with van der Waals surface area (Å²) in [4.78, 5) is 9.33. The maximum Gasteiger partial charge on any atom is 0.144 e. The minimum absolute atomic E-state index is 0.764. The average molecular weight is 348 g/mol. The van der Waals surface area contributed by atoms with E-state index in [9.17, 15) is 0 Å². The van der Waals surface area contributed by atoms with Gasteiger partial charge in [0.25, 0.3) is 0 Å². The van der Waals surface area contributed by atoms with Crippen LogP contribution in [0.2, 0.25) is 0 Å². The Kier molecular flexibility index (Phi) is 5.34. The summed E-state index contributed by atoms with van der Waals surface area (Å²) in [7, 11) is 1.89. The molecule has 1 aromatic carbocycles. The van der Waals surface area contributed by atoms with Gasteiger partial charge in [-0.05, 0) is 52.9 Å². The Morgan fingerprint density at radius 3 is 2.52 bits per heavy atom. The van der Waals surface area contributed by atoms with Crippen molar-refractivity contribution in [2.75, 3.05) is 12.4 Å². The fraction of sp³-hybridized carbons (Fsp3) is 0.412. The molecule has 1 heterocycles. The first kappa shape index (κ1) is 16.0. The Hall–Kier alpha value is -1.42. The van der Waals surface area contributed by atoms with E-state index in [1.165, 1.54) is 16.7 Å². The number of aryl methyl sites for hydroxylation is 3. The van der Waals surface area contributed by atoms with Crippen molar-refractivity contribution in [2.45, 2.75) is 40.0 Å². The molecule has 112 valence electrons. The van der Waals surface area contributed by atoms with Crippen molar-refractivity contribution in [1.82, 2.24) is 9.97 Å². The van der Waals surface area contributed by atoms with E-state index in [4.69, 9.17) is 4.98 Å². The molecule has 2 aromatic rings. The predicted molar refractivity (Wildman–Crippen MR) is 92.0 cm³/mol. The molecule has 0 amide bonds. The van der Waals surface area contributed by atoms with Gasteiger partial charge in [0.2, 0.25) is 0 Å². The lowest BCUT2D eigenvalue weighted by atomic mass is 10.0. The Balaban J connectivity index is 2.34. The van der Waals surface area contributed by atoms with E-state index >= 15 is 0 Å². The second-order valence-corrected chi connectivity index (χ2v) is 6.14. The van der Waals surface area contributed by atoms with Crippen molar-refractivity contribution < 1.29 is 0 Å². The first-order chi connectivity index (χ1) is 10.0. The van der Waals surface area contributed by atoms with Crippen LogP contribution in [0, 0.1) is 13.8 Å². The maximum absolute atomic E-state index is 4.72. The lowest BCUT2D eigenvalue weighted by molar-refractivity contribution is 0.835. The topological polar surface area (TPSA) is 37.8 Å². The van der Waals surface area contributed by atoms with Crippen LogP contribution in [0.1, 0.15) is 41.6 Å². The van der Waals surface area contributed by atoms with Crippen LogP contribution < -0.4 is 5.32 Å². The monoisotopic (exact) mass is 347 g/mol. The highest BCUT2D eigenvalue weighted by Crippen LogP contribution is 2.25. The molecule has 0 aliphatic rings. The highest BCUT2D eigenvalue weighted by molar-refractivity contribution is 9.10. The molecule has 0 saturated heterocycles. The molecule has 4 heteroatoms. The summed E-state index contributed by atoms with van der Waals surface area (Å²) < 4.78 is 0.982. The minimum Gasteiger partial charge on any atom is -0.372 e. The third-order valence-electron chi connectivity index (χ3n) is 3.62. The Bertz CT molecular complexity index is 638. The minimum atomic E-state index is 0.764. The third kappa shape index (κ3) is 3.82. The Morgan fingerprint density at radius 2 is 1.90 bits per heavy atom. The third-order valence-corrected chi connectivity index (χ3v) is 4.46. The number of benzene rings is 1. The van der Waals surface area contributed by atoms with Gasteiger partial charge in [-0.25, -0.2) is 9.97 Å². The molecule has 1 aromatic heterocycles. The standard InChI is InChI=1S/C17H22BrN3/c1-5-6-14-16(18)17(19-4)21-15(20-14)10-13-8-7-11(2)12(3)9-13/h7-9H,5-6,10H2,1-4H3,(H,19,20,21). The van der Waals surface area contributed by atoms with E-state index in [1.54, 1.807) is 0 Å². The fourth-order valence-corrected chi connectivity index (χ4v) is 2.86. The van der Waals surface area contributed by atoms with Crippen LogP contribution in [0.4, 0.5) is 5.82 Å². The van der Waals surface area contributed by atoms with Gasteiger partial charge in [-0.3, -0.25) is 0 Å². The summed E-state index contributed by atoms with van der Waals surface area (Å²) >= 11 is 3.60. The van der Waals surface area contributed by atoms with Crippen molar-refractivity contribution >= 4 is 21.7 Å². The van der Waals surface area contributed by atoms with E-state index < -0.39 is 0 Å². The lowest BCUT2D eigenvalue weighted by Gasteiger charge is -2.11.